The Labute approximate surface area is 176 Å². The zero-order chi connectivity index (χ0) is 20.3. The smallest absolute Gasteiger partial charge is 0.236 e. The Kier molecular flexibility index (Phi) is 6.83. The SMILES string of the molecule is C=CCn1c(S[C@H](C)C(=O)N2[C@@H](C)CCC[C@@H]2C)nnc1-c1ccc(Cl)cc1. The van der Waals surface area contributed by atoms with Crippen molar-refractivity contribution in [3.05, 3.63) is 41.9 Å². The number of carbonyl (C=O) groups is 1. The number of aromatic nitrogens is 3. The second-order valence-corrected chi connectivity index (χ2v) is 9.09. The number of likely N-dealkylation sites (tertiary alicyclic amines) is 1. The summed E-state index contributed by atoms with van der Waals surface area (Å²) >= 11 is 7.46. The molecule has 1 amide bonds. The molecule has 0 spiro atoms. The number of amides is 1. The average molecular weight is 419 g/mol. The first-order valence-corrected chi connectivity index (χ1v) is 11.0. The summed E-state index contributed by atoms with van der Waals surface area (Å²) in [5.74, 6) is 0.921. The summed E-state index contributed by atoms with van der Waals surface area (Å²) in [6.45, 7) is 10.7. The van der Waals surface area contributed by atoms with Crippen LogP contribution in [0.25, 0.3) is 11.4 Å². The first-order valence-electron chi connectivity index (χ1n) is 9.71. The van der Waals surface area contributed by atoms with Gasteiger partial charge in [-0.2, -0.15) is 0 Å². The molecule has 0 unspecified atom stereocenters. The molecule has 1 aliphatic rings. The number of piperidine rings is 1. The molecule has 0 N–H and O–H groups in total. The van der Waals surface area contributed by atoms with Crippen LogP contribution < -0.4 is 0 Å². The quantitative estimate of drug-likeness (QED) is 0.486. The summed E-state index contributed by atoms with van der Waals surface area (Å²) in [4.78, 5) is 15.2. The average Bonchev–Trinajstić information content (AvgIpc) is 3.05. The first-order chi connectivity index (χ1) is 13.4. The van der Waals surface area contributed by atoms with E-state index < -0.39 is 0 Å². The van der Waals surface area contributed by atoms with E-state index in [2.05, 4.69) is 35.5 Å². The lowest BCUT2D eigenvalue weighted by Crippen LogP contribution is -2.50. The number of rotatable bonds is 6. The summed E-state index contributed by atoms with van der Waals surface area (Å²) < 4.78 is 1.99. The van der Waals surface area contributed by atoms with E-state index in [4.69, 9.17) is 11.6 Å². The van der Waals surface area contributed by atoms with Gasteiger partial charge in [-0.25, -0.2) is 0 Å². The highest BCUT2D eigenvalue weighted by Gasteiger charge is 2.32. The third-order valence-electron chi connectivity index (χ3n) is 5.21. The van der Waals surface area contributed by atoms with Crippen LogP contribution in [0.3, 0.4) is 0 Å². The van der Waals surface area contributed by atoms with Crippen LogP contribution >= 0.6 is 23.4 Å². The highest BCUT2D eigenvalue weighted by molar-refractivity contribution is 8.00. The monoisotopic (exact) mass is 418 g/mol. The second-order valence-electron chi connectivity index (χ2n) is 7.35. The molecule has 150 valence electrons. The molecule has 3 rings (SSSR count). The molecule has 28 heavy (non-hydrogen) atoms. The summed E-state index contributed by atoms with van der Waals surface area (Å²) in [5, 5.41) is 9.90. The molecule has 0 bridgehead atoms. The molecule has 5 nitrogen and oxygen atoms in total. The zero-order valence-electron chi connectivity index (χ0n) is 16.6. The van der Waals surface area contributed by atoms with Gasteiger partial charge in [0, 0.05) is 29.2 Å². The molecule has 2 aromatic rings. The second kappa shape index (κ2) is 9.14. The Balaban J connectivity index is 1.82. The van der Waals surface area contributed by atoms with Crippen molar-refractivity contribution in [1.29, 1.82) is 0 Å². The molecular formula is C21H27ClN4OS. The van der Waals surface area contributed by atoms with Crippen molar-refractivity contribution in [2.45, 2.75) is 69.1 Å². The van der Waals surface area contributed by atoms with Gasteiger partial charge in [-0.15, -0.1) is 16.8 Å². The molecule has 0 saturated carbocycles. The fourth-order valence-electron chi connectivity index (χ4n) is 3.76. The highest BCUT2D eigenvalue weighted by atomic mass is 35.5. The molecule has 1 saturated heterocycles. The predicted molar refractivity (Wildman–Crippen MR) is 116 cm³/mol. The van der Waals surface area contributed by atoms with Crippen LogP contribution in [0.4, 0.5) is 0 Å². The van der Waals surface area contributed by atoms with Crippen LogP contribution in [-0.2, 0) is 11.3 Å². The molecule has 0 aliphatic carbocycles. The molecule has 3 atom stereocenters. The number of carbonyl (C=O) groups excluding carboxylic acids is 1. The van der Waals surface area contributed by atoms with Crippen LogP contribution in [0.1, 0.15) is 40.0 Å². The van der Waals surface area contributed by atoms with Gasteiger partial charge in [0.2, 0.25) is 5.91 Å². The van der Waals surface area contributed by atoms with Crippen molar-refractivity contribution >= 4 is 29.3 Å². The van der Waals surface area contributed by atoms with Crippen molar-refractivity contribution in [2.75, 3.05) is 0 Å². The van der Waals surface area contributed by atoms with E-state index >= 15 is 0 Å². The maximum atomic E-state index is 13.1. The molecule has 1 fully saturated rings. The lowest BCUT2D eigenvalue weighted by Gasteiger charge is -2.40. The normalized spacial score (nSPS) is 20.8. The highest BCUT2D eigenvalue weighted by Crippen LogP contribution is 2.31. The van der Waals surface area contributed by atoms with Crippen molar-refractivity contribution in [1.82, 2.24) is 19.7 Å². The number of halogens is 1. The van der Waals surface area contributed by atoms with Crippen molar-refractivity contribution in [3.8, 4) is 11.4 Å². The molecule has 1 aromatic heterocycles. The van der Waals surface area contributed by atoms with Gasteiger partial charge in [-0.05, 0) is 64.3 Å². The third-order valence-corrected chi connectivity index (χ3v) is 6.53. The lowest BCUT2D eigenvalue weighted by atomic mass is 9.97. The van der Waals surface area contributed by atoms with Crippen LogP contribution in [-0.4, -0.2) is 42.9 Å². The number of thioether (sulfide) groups is 1. The number of benzene rings is 1. The molecule has 1 aromatic carbocycles. The Bertz CT molecular complexity index is 825. The van der Waals surface area contributed by atoms with Crippen LogP contribution in [0.2, 0.25) is 5.02 Å². The van der Waals surface area contributed by atoms with E-state index in [0.717, 1.165) is 29.4 Å². The van der Waals surface area contributed by atoms with Crippen molar-refractivity contribution < 1.29 is 4.79 Å². The van der Waals surface area contributed by atoms with Gasteiger partial charge in [-0.3, -0.25) is 9.36 Å². The predicted octanol–water partition coefficient (Wildman–Crippen LogP) is 5.05. The van der Waals surface area contributed by atoms with Gasteiger partial charge in [0.05, 0.1) is 5.25 Å². The Morgan fingerprint density at radius 2 is 1.93 bits per heavy atom. The number of hydrogen-bond donors (Lipinski definition) is 0. The van der Waals surface area contributed by atoms with Gasteiger partial charge in [-0.1, -0.05) is 29.4 Å². The summed E-state index contributed by atoms with van der Waals surface area (Å²) in [5.41, 5.74) is 0.933. The first kappa shape index (κ1) is 20.9. The van der Waals surface area contributed by atoms with Crippen LogP contribution in [0.15, 0.2) is 42.1 Å². The topological polar surface area (TPSA) is 51.0 Å². The van der Waals surface area contributed by atoms with Crippen LogP contribution in [0.5, 0.6) is 0 Å². The largest absolute Gasteiger partial charge is 0.336 e. The minimum atomic E-state index is -0.228. The minimum absolute atomic E-state index is 0.172. The van der Waals surface area contributed by atoms with E-state index in [1.807, 2.05) is 41.8 Å². The van der Waals surface area contributed by atoms with E-state index in [-0.39, 0.29) is 23.2 Å². The van der Waals surface area contributed by atoms with Gasteiger partial charge < -0.3 is 4.90 Å². The Hall–Kier alpha value is -1.79. The van der Waals surface area contributed by atoms with Crippen molar-refractivity contribution in [3.63, 3.8) is 0 Å². The fraction of sp³-hybridized carbons (Fsp3) is 0.476. The fourth-order valence-corrected chi connectivity index (χ4v) is 4.80. The molecule has 0 radical (unpaired) electrons. The maximum absolute atomic E-state index is 13.1. The standard InChI is InChI=1S/C21H27ClN4OS/c1-5-13-25-19(17-9-11-18(22)12-10-17)23-24-21(25)28-16(4)20(27)26-14(2)7-6-8-15(26)3/h5,9-12,14-16H,1,6-8,13H2,2-4H3/t14-,15-,16+/m0/s1. The summed E-state index contributed by atoms with van der Waals surface area (Å²) in [6, 6.07) is 8.09. The van der Waals surface area contributed by atoms with E-state index in [9.17, 15) is 4.79 Å². The van der Waals surface area contributed by atoms with Gasteiger partial charge in [0.25, 0.3) is 0 Å². The van der Waals surface area contributed by atoms with Crippen LogP contribution in [0, 0.1) is 0 Å². The van der Waals surface area contributed by atoms with E-state index in [1.54, 1.807) is 0 Å². The van der Waals surface area contributed by atoms with Gasteiger partial charge >= 0.3 is 0 Å². The molecule has 2 heterocycles. The van der Waals surface area contributed by atoms with Gasteiger partial charge in [0.15, 0.2) is 11.0 Å². The Morgan fingerprint density at radius 3 is 2.54 bits per heavy atom. The summed E-state index contributed by atoms with van der Waals surface area (Å²) in [7, 11) is 0. The molecular weight excluding hydrogens is 392 g/mol. The maximum Gasteiger partial charge on any atom is 0.236 e. The van der Waals surface area contributed by atoms with Gasteiger partial charge in [0.1, 0.15) is 0 Å². The summed E-state index contributed by atoms with van der Waals surface area (Å²) in [6.07, 6.45) is 5.14. The Morgan fingerprint density at radius 1 is 1.29 bits per heavy atom. The molecule has 7 heteroatoms. The number of allylic oxidation sites excluding steroid dienone is 1. The minimum Gasteiger partial charge on any atom is -0.336 e. The lowest BCUT2D eigenvalue weighted by molar-refractivity contribution is -0.136. The van der Waals surface area contributed by atoms with Crippen molar-refractivity contribution in [2.24, 2.45) is 0 Å². The molecule has 1 aliphatic heterocycles. The van der Waals surface area contributed by atoms with E-state index in [1.165, 1.54) is 18.2 Å². The zero-order valence-corrected chi connectivity index (χ0v) is 18.2. The third kappa shape index (κ3) is 4.44. The van der Waals surface area contributed by atoms with E-state index in [0.29, 0.717) is 11.6 Å². The number of nitrogens with zero attached hydrogens (tertiary/aromatic N) is 4. The number of hydrogen-bond acceptors (Lipinski definition) is 4.